The molecule has 0 aliphatic rings. The molecule has 72 valence electrons. The molecule has 0 radical (unpaired) electrons. The predicted octanol–water partition coefficient (Wildman–Crippen LogP) is 3.01. The van der Waals surface area contributed by atoms with E-state index in [0.29, 0.717) is 0 Å². The van der Waals surface area contributed by atoms with Gasteiger partial charge in [-0.05, 0) is 25.5 Å². The van der Waals surface area contributed by atoms with Crippen LogP contribution in [0.5, 0.6) is 0 Å². The van der Waals surface area contributed by atoms with Crippen LogP contribution in [0.1, 0.15) is 10.6 Å². The molecule has 0 aliphatic carbocycles. The van der Waals surface area contributed by atoms with E-state index in [4.69, 9.17) is 5.73 Å². The first kappa shape index (κ1) is 9.21. The zero-order valence-electron chi connectivity index (χ0n) is 8.24. The van der Waals surface area contributed by atoms with Crippen LogP contribution in [0.25, 0.3) is 11.3 Å². The van der Waals surface area contributed by atoms with Gasteiger partial charge in [-0.1, -0.05) is 12.1 Å². The molecular formula is C11H12N2S. The Morgan fingerprint density at radius 2 is 2.07 bits per heavy atom. The van der Waals surface area contributed by atoms with Gasteiger partial charge in [0, 0.05) is 16.6 Å². The van der Waals surface area contributed by atoms with Gasteiger partial charge in [-0.25, -0.2) is 4.98 Å². The molecule has 2 N–H and O–H groups in total. The molecule has 0 saturated carbocycles. The molecule has 14 heavy (non-hydrogen) atoms. The normalized spacial score (nSPS) is 10.4. The molecule has 0 amide bonds. The van der Waals surface area contributed by atoms with Gasteiger partial charge in [0.2, 0.25) is 0 Å². The fraction of sp³-hybridized carbons (Fsp3) is 0.182. The lowest BCUT2D eigenvalue weighted by atomic mass is 10.1. The first-order valence-corrected chi connectivity index (χ1v) is 5.34. The van der Waals surface area contributed by atoms with Crippen LogP contribution in [0.15, 0.2) is 23.6 Å². The summed E-state index contributed by atoms with van der Waals surface area (Å²) in [7, 11) is 0. The van der Waals surface area contributed by atoms with Crippen molar-refractivity contribution >= 4 is 17.0 Å². The maximum absolute atomic E-state index is 5.84. The molecule has 0 unspecified atom stereocenters. The van der Waals surface area contributed by atoms with Crippen molar-refractivity contribution in [2.45, 2.75) is 13.8 Å². The van der Waals surface area contributed by atoms with Crippen molar-refractivity contribution in [2.75, 3.05) is 5.73 Å². The highest BCUT2D eigenvalue weighted by Crippen LogP contribution is 2.27. The quantitative estimate of drug-likeness (QED) is 0.725. The largest absolute Gasteiger partial charge is 0.398 e. The summed E-state index contributed by atoms with van der Waals surface area (Å²) in [6, 6.07) is 5.94. The summed E-state index contributed by atoms with van der Waals surface area (Å²) >= 11 is 1.66. The summed E-state index contributed by atoms with van der Waals surface area (Å²) in [5.41, 5.74) is 9.94. The minimum absolute atomic E-state index is 0.827. The summed E-state index contributed by atoms with van der Waals surface area (Å²) in [5, 5.41) is 3.15. The molecule has 0 bridgehead atoms. The van der Waals surface area contributed by atoms with Crippen LogP contribution in [0, 0.1) is 13.8 Å². The van der Waals surface area contributed by atoms with Crippen molar-refractivity contribution in [2.24, 2.45) is 0 Å². The Morgan fingerprint density at radius 3 is 2.71 bits per heavy atom. The van der Waals surface area contributed by atoms with Gasteiger partial charge >= 0.3 is 0 Å². The minimum Gasteiger partial charge on any atom is -0.398 e. The molecule has 1 heterocycles. The third kappa shape index (κ3) is 1.51. The summed E-state index contributed by atoms with van der Waals surface area (Å²) in [4.78, 5) is 4.45. The number of hydrogen-bond acceptors (Lipinski definition) is 3. The van der Waals surface area contributed by atoms with E-state index in [1.807, 2.05) is 26.0 Å². The monoisotopic (exact) mass is 204 g/mol. The molecule has 0 atom stereocenters. The molecule has 3 heteroatoms. The van der Waals surface area contributed by atoms with Crippen molar-refractivity contribution in [1.29, 1.82) is 0 Å². The van der Waals surface area contributed by atoms with Gasteiger partial charge in [-0.2, -0.15) is 0 Å². The maximum atomic E-state index is 5.84. The zero-order chi connectivity index (χ0) is 10.1. The van der Waals surface area contributed by atoms with Crippen molar-refractivity contribution in [3.05, 3.63) is 34.2 Å². The molecule has 0 aliphatic heterocycles. The van der Waals surface area contributed by atoms with Crippen LogP contribution in [0.3, 0.4) is 0 Å². The van der Waals surface area contributed by atoms with E-state index < -0.39 is 0 Å². The molecule has 2 nitrogen and oxygen atoms in total. The number of rotatable bonds is 1. The summed E-state index contributed by atoms with van der Waals surface area (Å²) in [6.45, 7) is 4.04. The fourth-order valence-electron chi connectivity index (χ4n) is 1.42. The van der Waals surface area contributed by atoms with E-state index in [-0.39, 0.29) is 0 Å². The van der Waals surface area contributed by atoms with Crippen LogP contribution >= 0.6 is 11.3 Å². The Morgan fingerprint density at radius 1 is 1.29 bits per heavy atom. The van der Waals surface area contributed by atoms with Gasteiger partial charge in [0.05, 0.1) is 10.7 Å². The van der Waals surface area contributed by atoms with E-state index in [9.17, 15) is 0 Å². The summed E-state index contributed by atoms with van der Waals surface area (Å²) in [6.07, 6.45) is 0. The number of anilines is 1. The van der Waals surface area contributed by atoms with E-state index in [1.54, 1.807) is 11.3 Å². The topological polar surface area (TPSA) is 38.9 Å². The lowest BCUT2D eigenvalue weighted by molar-refractivity contribution is 1.29. The molecule has 1 aromatic carbocycles. The van der Waals surface area contributed by atoms with Gasteiger partial charge in [-0.15, -0.1) is 11.3 Å². The Bertz CT molecular complexity index is 460. The highest BCUT2D eigenvalue weighted by molar-refractivity contribution is 7.09. The van der Waals surface area contributed by atoms with Crippen LogP contribution in [-0.2, 0) is 0 Å². The number of benzene rings is 1. The number of nitrogens with two attached hydrogens (primary N) is 1. The first-order chi connectivity index (χ1) is 6.68. The standard InChI is InChI=1S/C11H12N2S/c1-7-9(4-3-5-10(7)12)11-6-14-8(2)13-11/h3-6H,12H2,1-2H3. The molecule has 1 aromatic heterocycles. The number of aromatic nitrogens is 1. The second-order valence-corrected chi connectivity index (χ2v) is 4.33. The minimum atomic E-state index is 0.827. The van der Waals surface area contributed by atoms with Gasteiger partial charge < -0.3 is 5.73 Å². The highest BCUT2D eigenvalue weighted by Gasteiger charge is 2.06. The fourth-order valence-corrected chi connectivity index (χ4v) is 2.03. The molecule has 2 aromatic rings. The number of aryl methyl sites for hydroxylation is 1. The molecule has 0 fully saturated rings. The summed E-state index contributed by atoms with van der Waals surface area (Å²) < 4.78 is 0. The smallest absolute Gasteiger partial charge is 0.0901 e. The Balaban J connectivity index is 2.57. The first-order valence-electron chi connectivity index (χ1n) is 4.46. The van der Waals surface area contributed by atoms with Crippen molar-refractivity contribution in [3.63, 3.8) is 0 Å². The van der Waals surface area contributed by atoms with Crippen LogP contribution in [-0.4, -0.2) is 4.98 Å². The molecule has 2 rings (SSSR count). The second-order valence-electron chi connectivity index (χ2n) is 3.27. The van der Waals surface area contributed by atoms with E-state index in [0.717, 1.165) is 27.5 Å². The number of thiazole rings is 1. The van der Waals surface area contributed by atoms with E-state index >= 15 is 0 Å². The van der Waals surface area contributed by atoms with Gasteiger partial charge in [0.15, 0.2) is 0 Å². The van der Waals surface area contributed by atoms with E-state index in [2.05, 4.69) is 16.4 Å². The lowest BCUT2D eigenvalue weighted by Gasteiger charge is -2.04. The average molecular weight is 204 g/mol. The van der Waals surface area contributed by atoms with Gasteiger partial charge in [0.25, 0.3) is 0 Å². The third-order valence-electron chi connectivity index (χ3n) is 2.27. The van der Waals surface area contributed by atoms with E-state index in [1.165, 1.54) is 0 Å². The van der Waals surface area contributed by atoms with Crippen LogP contribution in [0.4, 0.5) is 5.69 Å². The zero-order valence-corrected chi connectivity index (χ0v) is 9.06. The number of nitrogens with zero attached hydrogens (tertiary/aromatic N) is 1. The number of hydrogen-bond donors (Lipinski definition) is 1. The van der Waals surface area contributed by atoms with Crippen molar-refractivity contribution < 1.29 is 0 Å². The van der Waals surface area contributed by atoms with Crippen LogP contribution < -0.4 is 5.73 Å². The Labute approximate surface area is 87.4 Å². The van der Waals surface area contributed by atoms with Crippen LogP contribution in [0.2, 0.25) is 0 Å². The maximum Gasteiger partial charge on any atom is 0.0901 e. The molecular weight excluding hydrogens is 192 g/mol. The summed E-state index contributed by atoms with van der Waals surface area (Å²) in [5.74, 6) is 0. The second kappa shape index (κ2) is 3.42. The van der Waals surface area contributed by atoms with Crippen molar-refractivity contribution in [3.8, 4) is 11.3 Å². The predicted molar refractivity (Wildman–Crippen MR) is 61.4 cm³/mol. The van der Waals surface area contributed by atoms with Gasteiger partial charge in [-0.3, -0.25) is 0 Å². The Hall–Kier alpha value is -1.35. The lowest BCUT2D eigenvalue weighted by Crippen LogP contribution is -1.91. The molecule has 0 saturated heterocycles. The third-order valence-corrected chi connectivity index (χ3v) is 3.04. The average Bonchev–Trinajstić information content (AvgIpc) is 2.57. The Kier molecular flexibility index (Phi) is 2.25. The molecule has 0 spiro atoms. The SMILES string of the molecule is Cc1nc(-c2cccc(N)c2C)cs1. The highest BCUT2D eigenvalue weighted by atomic mass is 32.1. The van der Waals surface area contributed by atoms with Gasteiger partial charge in [0.1, 0.15) is 0 Å². The number of nitrogen functional groups attached to an aromatic ring is 1. The van der Waals surface area contributed by atoms with Crippen molar-refractivity contribution in [1.82, 2.24) is 4.98 Å².